The molecule has 1 saturated heterocycles. The highest BCUT2D eigenvalue weighted by Gasteiger charge is 2.27. The number of piperazine rings is 1. The minimum atomic E-state index is -1.68. The molecule has 0 radical (unpaired) electrons. The standard InChI is InChI=1S/C20H18F4N2O2/c21-14-3-1-2-13(12-14)4-7-17(27)25-8-10-26(11-9-25)20(28)15-5-6-16(22)19(24)18(15)23/h1-3,5-6,12H,4,7-11H2. The van der Waals surface area contributed by atoms with Crippen molar-refractivity contribution in [2.75, 3.05) is 26.2 Å². The monoisotopic (exact) mass is 394 g/mol. The Morgan fingerprint density at radius 2 is 1.54 bits per heavy atom. The van der Waals surface area contributed by atoms with E-state index >= 15 is 0 Å². The largest absolute Gasteiger partial charge is 0.339 e. The van der Waals surface area contributed by atoms with E-state index in [1.807, 2.05) is 0 Å². The fourth-order valence-corrected chi connectivity index (χ4v) is 3.12. The van der Waals surface area contributed by atoms with Crippen molar-refractivity contribution >= 4 is 11.8 Å². The zero-order valence-corrected chi connectivity index (χ0v) is 14.9. The number of aryl methyl sites for hydroxylation is 1. The van der Waals surface area contributed by atoms with Crippen LogP contribution in [0, 0.1) is 23.3 Å². The van der Waals surface area contributed by atoms with E-state index in [9.17, 15) is 27.2 Å². The number of hydrogen-bond acceptors (Lipinski definition) is 2. The minimum absolute atomic E-state index is 0.129. The highest BCUT2D eigenvalue weighted by molar-refractivity contribution is 5.94. The van der Waals surface area contributed by atoms with Crippen LogP contribution in [0.15, 0.2) is 36.4 Å². The molecule has 4 nitrogen and oxygen atoms in total. The summed E-state index contributed by atoms with van der Waals surface area (Å²) in [5.74, 6) is -5.79. The van der Waals surface area contributed by atoms with Gasteiger partial charge in [0.2, 0.25) is 5.91 Å². The average Bonchev–Trinajstić information content (AvgIpc) is 2.70. The van der Waals surface area contributed by atoms with Crippen LogP contribution in [0.4, 0.5) is 17.6 Å². The molecule has 2 amide bonds. The first-order valence-electron chi connectivity index (χ1n) is 8.82. The molecule has 2 aromatic carbocycles. The molecule has 0 spiro atoms. The zero-order chi connectivity index (χ0) is 20.3. The van der Waals surface area contributed by atoms with Gasteiger partial charge in [0.15, 0.2) is 17.5 Å². The van der Waals surface area contributed by atoms with Crippen molar-refractivity contribution in [3.05, 3.63) is 70.8 Å². The molecule has 0 bridgehead atoms. The second-order valence-electron chi connectivity index (χ2n) is 6.53. The van der Waals surface area contributed by atoms with E-state index in [2.05, 4.69) is 0 Å². The maximum absolute atomic E-state index is 13.8. The van der Waals surface area contributed by atoms with Crippen LogP contribution in [0.3, 0.4) is 0 Å². The lowest BCUT2D eigenvalue weighted by Gasteiger charge is -2.35. The molecule has 3 rings (SSSR count). The van der Waals surface area contributed by atoms with Crippen LogP contribution in [0.25, 0.3) is 0 Å². The van der Waals surface area contributed by atoms with E-state index < -0.39 is 28.9 Å². The molecule has 0 aliphatic carbocycles. The first kappa shape index (κ1) is 19.9. The predicted molar refractivity (Wildman–Crippen MR) is 93.5 cm³/mol. The normalized spacial score (nSPS) is 14.3. The maximum Gasteiger partial charge on any atom is 0.257 e. The second kappa shape index (κ2) is 8.41. The Morgan fingerprint density at radius 1 is 0.857 bits per heavy atom. The number of nitrogens with zero attached hydrogens (tertiary/aromatic N) is 2. The molecule has 0 N–H and O–H groups in total. The number of hydrogen-bond donors (Lipinski definition) is 0. The number of carbonyl (C=O) groups is 2. The van der Waals surface area contributed by atoms with Crippen molar-refractivity contribution < 1.29 is 27.2 Å². The van der Waals surface area contributed by atoms with E-state index in [0.717, 1.165) is 11.6 Å². The Labute approximate surface area is 159 Å². The lowest BCUT2D eigenvalue weighted by atomic mass is 10.1. The predicted octanol–water partition coefficient (Wildman–Crippen LogP) is 3.16. The van der Waals surface area contributed by atoms with E-state index in [-0.39, 0.29) is 44.3 Å². The van der Waals surface area contributed by atoms with E-state index in [1.54, 1.807) is 17.0 Å². The van der Waals surface area contributed by atoms with Gasteiger partial charge in [-0.15, -0.1) is 0 Å². The molecule has 0 saturated carbocycles. The number of rotatable bonds is 4. The Bertz CT molecular complexity index is 896. The van der Waals surface area contributed by atoms with Gasteiger partial charge in [-0.25, -0.2) is 17.6 Å². The van der Waals surface area contributed by atoms with Crippen molar-refractivity contribution in [1.29, 1.82) is 0 Å². The summed E-state index contributed by atoms with van der Waals surface area (Å²) in [6.07, 6.45) is 0.602. The van der Waals surface area contributed by atoms with Crippen molar-refractivity contribution in [1.82, 2.24) is 9.80 Å². The lowest BCUT2D eigenvalue weighted by Crippen LogP contribution is -2.50. The van der Waals surface area contributed by atoms with E-state index in [4.69, 9.17) is 0 Å². The maximum atomic E-state index is 13.8. The van der Waals surface area contributed by atoms with E-state index in [0.29, 0.717) is 12.5 Å². The Kier molecular flexibility index (Phi) is 5.96. The fraction of sp³-hybridized carbons (Fsp3) is 0.300. The van der Waals surface area contributed by atoms with Gasteiger partial charge < -0.3 is 9.80 Å². The lowest BCUT2D eigenvalue weighted by molar-refractivity contribution is -0.132. The minimum Gasteiger partial charge on any atom is -0.339 e. The Balaban J connectivity index is 1.54. The molecule has 1 fully saturated rings. The van der Waals surface area contributed by atoms with Crippen LogP contribution in [-0.2, 0) is 11.2 Å². The van der Waals surface area contributed by atoms with Crippen molar-refractivity contribution in [2.24, 2.45) is 0 Å². The number of amides is 2. The van der Waals surface area contributed by atoms with Gasteiger partial charge in [-0.1, -0.05) is 12.1 Å². The smallest absolute Gasteiger partial charge is 0.257 e. The summed E-state index contributed by atoms with van der Waals surface area (Å²) in [4.78, 5) is 27.5. The van der Waals surface area contributed by atoms with Crippen LogP contribution in [0.5, 0.6) is 0 Å². The van der Waals surface area contributed by atoms with Crippen LogP contribution in [0.1, 0.15) is 22.3 Å². The third-order valence-corrected chi connectivity index (χ3v) is 4.70. The molecule has 0 aromatic heterocycles. The first-order valence-corrected chi connectivity index (χ1v) is 8.82. The Morgan fingerprint density at radius 3 is 2.21 bits per heavy atom. The Hall–Kier alpha value is -2.90. The van der Waals surface area contributed by atoms with Gasteiger partial charge in [-0.3, -0.25) is 9.59 Å². The van der Waals surface area contributed by atoms with Gasteiger partial charge in [0, 0.05) is 32.6 Å². The molecule has 8 heteroatoms. The van der Waals surface area contributed by atoms with Crippen LogP contribution in [0.2, 0.25) is 0 Å². The fourth-order valence-electron chi connectivity index (χ4n) is 3.12. The third kappa shape index (κ3) is 4.32. The van der Waals surface area contributed by atoms with Crippen molar-refractivity contribution in [2.45, 2.75) is 12.8 Å². The highest BCUT2D eigenvalue weighted by Crippen LogP contribution is 2.18. The summed E-state index contributed by atoms with van der Waals surface area (Å²) >= 11 is 0. The number of halogens is 4. The molecular weight excluding hydrogens is 376 g/mol. The second-order valence-corrected chi connectivity index (χ2v) is 6.53. The van der Waals surface area contributed by atoms with Crippen LogP contribution < -0.4 is 0 Å². The molecule has 0 unspecified atom stereocenters. The quantitative estimate of drug-likeness (QED) is 0.591. The number of carbonyl (C=O) groups excluding carboxylic acids is 2. The van der Waals surface area contributed by atoms with Gasteiger partial charge in [-0.05, 0) is 36.2 Å². The molecule has 28 heavy (non-hydrogen) atoms. The zero-order valence-electron chi connectivity index (χ0n) is 14.9. The summed E-state index contributed by atoms with van der Waals surface area (Å²) in [5, 5.41) is 0. The van der Waals surface area contributed by atoms with Crippen LogP contribution >= 0.6 is 0 Å². The summed E-state index contributed by atoms with van der Waals surface area (Å²) in [6.45, 7) is 0.810. The van der Waals surface area contributed by atoms with Gasteiger partial charge in [0.1, 0.15) is 5.82 Å². The van der Waals surface area contributed by atoms with Crippen molar-refractivity contribution in [3.8, 4) is 0 Å². The topological polar surface area (TPSA) is 40.6 Å². The van der Waals surface area contributed by atoms with Crippen LogP contribution in [-0.4, -0.2) is 47.8 Å². The summed E-state index contributed by atoms with van der Waals surface area (Å²) in [6, 6.07) is 7.64. The summed E-state index contributed by atoms with van der Waals surface area (Å²) in [5.41, 5.74) is 0.181. The molecule has 1 aliphatic heterocycles. The van der Waals surface area contributed by atoms with Gasteiger partial charge in [0.25, 0.3) is 5.91 Å². The highest BCUT2D eigenvalue weighted by atomic mass is 19.2. The molecule has 1 aliphatic rings. The van der Waals surface area contributed by atoms with E-state index in [1.165, 1.54) is 17.0 Å². The van der Waals surface area contributed by atoms with Gasteiger partial charge in [0.05, 0.1) is 5.56 Å². The third-order valence-electron chi connectivity index (χ3n) is 4.70. The molecule has 0 atom stereocenters. The average molecular weight is 394 g/mol. The summed E-state index contributed by atoms with van der Waals surface area (Å²) in [7, 11) is 0. The molecule has 148 valence electrons. The molecule has 1 heterocycles. The van der Waals surface area contributed by atoms with Gasteiger partial charge in [-0.2, -0.15) is 0 Å². The van der Waals surface area contributed by atoms with Crippen molar-refractivity contribution in [3.63, 3.8) is 0 Å². The number of benzene rings is 2. The molecular formula is C20H18F4N2O2. The summed E-state index contributed by atoms with van der Waals surface area (Å²) < 4.78 is 53.3. The molecule has 2 aromatic rings. The first-order chi connectivity index (χ1) is 13.4. The SMILES string of the molecule is O=C(CCc1cccc(F)c1)N1CCN(C(=O)c2ccc(F)c(F)c2F)CC1. The van der Waals surface area contributed by atoms with Gasteiger partial charge >= 0.3 is 0 Å².